The lowest BCUT2D eigenvalue weighted by atomic mass is 10.1. The quantitative estimate of drug-likeness (QED) is 0.839. The van der Waals surface area contributed by atoms with Gasteiger partial charge in [-0.1, -0.05) is 16.6 Å². The zero-order valence-electron chi connectivity index (χ0n) is 9.70. The van der Waals surface area contributed by atoms with Crippen LogP contribution in [0.15, 0.2) is 29.6 Å². The highest BCUT2D eigenvalue weighted by molar-refractivity contribution is 7.03. The molecular formula is C12H10N4OS. The van der Waals surface area contributed by atoms with Crippen LogP contribution in [0.25, 0.3) is 0 Å². The number of nitriles is 1. The van der Waals surface area contributed by atoms with Crippen molar-refractivity contribution in [2.24, 2.45) is 0 Å². The molecule has 0 saturated carbocycles. The van der Waals surface area contributed by atoms with Crippen LogP contribution in [0.4, 0.5) is 0 Å². The highest BCUT2D eigenvalue weighted by atomic mass is 32.1. The second kappa shape index (κ2) is 5.38. The molecule has 0 aliphatic carbocycles. The number of hydrogen-bond donors (Lipinski definition) is 0. The molecule has 6 heteroatoms. The van der Waals surface area contributed by atoms with Crippen LogP contribution in [0.3, 0.4) is 0 Å². The predicted molar refractivity (Wildman–Crippen MR) is 66.9 cm³/mol. The Labute approximate surface area is 108 Å². The number of carbonyl (C=O) groups is 1. The minimum Gasteiger partial charge on any atom is -0.336 e. The van der Waals surface area contributed by atoms with Gasteiger partial charge in [0, 0.05) is 19.0 Å². The molecule has 0 N–H and O–H groups in total. The molecule has 1 aromatic heterocycles. The normalized spacial score (nSPS) is 9.78. The topological polar surface area (TPSA) is 69.9 Å². The first kappa shape index (κ1) is 12.2. The second-order valence-corrected chi connectivity index (χ2v) is 4.37. The monoisotopic (exact) mass is 258 g/mol. The molecule has 0 fully saturated rings. The third-order valence-corrected chi connectivity index (χ3v) is 2.91. The Hall–Kier alpha value is -2.26. The average molecular weight is 258 g/mol. The van der Waals surface area contributed by atoms with Crippen molar-refractivity contribution in [3.8, 4) is 6.07 Å². The van der Waals surface area contributed by atoms with E-state index in [1.165, 1.54) is 0 Å². The lowest BCUT2D eigenvalue weighted by Crippen LogP contribution is -2.26. The third kappa shape index (κ3) is 2.70. The van der Waals surface area contributed by atoms with Crippen molar-refractivity contribution in [1.82, 2.24) is 14.5 Å². The van der Waals surface area contributed by atoms with Gasteiger partial charge in [-0.2, -0.15) is 5.26 Å². The van der Waals surface area contributed by atoms with E-state index in [-0.39, 0.29) is 5.91 Å². The van der Waals surface area contributed by atoms with Crippen LogP contribution in [0.2, 0.25) is 0 Å². The molecule has 0 aliphatic heterocycles. The fourth-order valence-corrected chi connectivity index (χ4v) is 1.97. The fourth-order valence-electron chi connectivity index (χ4n) is 1.54. The van der Waals surface area contributed by atoms with Crippen LogP contribution in [-0.4, -0.2) is 27.4 Å². The molecule has 0 bridgehead atoms. The summed E-state index contributed by atoms with van der Waals surface area (Å²) in [7, 11) is 1.70. The maximum absolute atomic E-state index is 11.9. The average Bonchev–Trinajstić information content (AvgIpc) is 2.92. The first-order valence-electron chi connectivity index (χ1n) is 5.22. The molecule has 2 aromatic rings. The predicted octanol–water partition coefficient (Wildman–Crippen LogP) is 1.68. The van der Waals surface area contributed by atoms with E-state index in [0.717, 1.165) is 17.1 Å². The lowest BCUT2D eigenvalue weighted by molar-refractivity contribution is 0.0779. The molecule has 0 spiro atoms. The summed E-state index contributed by atoms with van der Waals surface area (Å²) in [6, 6.07) is 9.25. The SMILES string of the molecule is CN(Cc1cccc(C#N)c1)C(=O)c1csnn1. The summed E-state index contributed by atoms with van der Waals surface area (Å²) in [4.78, 5) is 13.5. The van der Waals surface area contributed by atoms with Crippen LogP contribution in [0, 0.1) is 11.3 Å². The minimum absolute atomic E-state index is 0.175. The Bertz CT molecular complexity index is 588. The Kier molecular flexibility index (Phi) is 3.65. The van der Waals surface area contributed by atoms with Gasteiger partial charge in [-0.25, -0.2) is 0 Å². The summed E-state index contributed by atoms with van der Waals surface area (Å²) in [5, 5.41) is 14.2. The highest BCUT2D eigenvalue weighted by Crippen LogP contribution is 2.09. The minimum atomic E-state index is -0.175. The number of hydrogen-bond acceptors (Lipinski definition) is 5. The number of nitrogens with zero attached hydrogens (tertiary/aromatic N) is 4. The Balaban J connectivity index is 2.09. The van der Waals surface area contributed by atoms with E-state index in [1.54, 1.807) is 35.5 Å². The van der Waals surface area contributed by atoms with Gasteiger partial charge >= 0.3 is 0 Å². The van der Waals surface area contributed by atoms with E-state index in [0.29, 0.717) is 17.8 Å². The molecule has 1 heterocycles. The zero-order valence-corrected chi connectivity index (χ0v) is 10.5. The van der Waals surface area contributed by atoms with Gasteiger partial charge in [0.05, 0.1) is 11.6 Å². The van der Waals surface area contributed by atoms with E-state index < -0.39 is 0 Å². The molecule has 18 heavy (non-hydrogen) atoms. The number of carbonyl (C=O) groups excluding carboxylic acids is 1. The van der Waals surface area contributed by atoms with Crippen LogP contribution >= 0.6 is 11.5 Å². The van der Waals surface area contributed by atoms with E-state index in [9.17, 15) is 4.79 Å². The molecular weight excluding hydrogens is 248 g/mol. The van der Waals surface area contributed by atoms with Crippen molar-refractivity contribution in [1.29, 1.82) is 5.26 Å². The van der Waals surface area contributed by atoms with E-state index >= 15 is 0 Å². The number of aromatic nitrogens is 2. The number of amides is 1. The number of rotatable bonds is 3. The third-order valence-electron chi connectivity index (χ3n) is 2.40. The van der Waals surface area contributed by atoms with Crippen LogP contribution in [0.1, 0.15) is 21.6 Å². The molecule has 0 saturated heterocycles. The van der Waals surface area contributed by atoms with Gasteiger partial charge in [-0.15, -0.1) is 5.10 Å². The Morgan fingerprint density at radius 3 is 3.06 bits per heavy atom. The van der Waals surface area contributed by atoms with Gasteiger partial charge in [-0.3, -0.25) is 4.79 Å². The van der Waals surface area contributed by atoms with E-state index in [2.05, 4.69) is 15.7 Å². The van der Waals surface area contributed by atoms with Crippen LogP contribution < -0.4 is 0 Å². The van der Waals surface area contributed by atoms with E-state index in [1.807, 2.05) is 6.07 Å². The van der Waals surface area contributed by atoms with Crippen LogP contribution in [0.5, 0.6) is 0 Å². The van der Waals surface area contributed by atoms with Crippen molar-refractivity contribution in [2.45, 2.75) is 6.54 Å². The smallest absolute Gasteiger partial charge is 0.275 e. The van der Waals surface area contributed by atoms with E-state index in [4.69, 9.17) is 5.26 Å². The summed E-state index contributed by atoms with van der Waals surface area (Å²) in [5.41, 5.74) is 1.84. The summed E-state index contributed by atoms with van der Waals surface area (Å²) in [5.74, 6) is -0.175. The number of benzene rings is 1. The van der Waals surface area contributed by atoms with Gasteiger partial charge in [0.25, 0.3) is 5.91 Å². The molecule has 5 nitrogen and oxygen atoms in total. The summed E-state index contributed by atoms with van der Waals surface area (Å²) >= 11 is 1.15. The molecule has 0 aliphatic rings. The Morgan fingerprint density at radius 2 is 2.39 bits per heavy atom. The summed E-state index contributed by atoms with van der Waals surface area (Å²) in [6.45, 7) is 0.436. The van der Waals surface area contributed by atoms with Gasteiger partial charge in [0.2, 0.25) is 0 Å². The van der Waals surface area contributed by atoms with Crippen molar-refractivity contribution in [3.05, 3.63) is 46.5 Å². The standard InChI is InChI=1S/C12H10N4OS/c1-16(12(17)11-8-18-15-14-11)7-10-4-2-3-9(5-10)6-13/h2-5,8H,7H2,1H3. The molecule has 0 unspecified atom stereocenters. The second-order valence-electron chi connectivity index (χ2n) is 3.76. The molecule has 1 aromatic carbocycles. The lowest BCUT2D eigenvalue weighted by Gasteiger charge is -2.15. The maximum Gasteiger partial charge on any atom is 0.275 e. The van der Waals surface area contributed by atoms with Crippen molar-refractivity contribution < 1.29 is 4.79 Å². The molecule has 0 atom stereocenters. The highest BCUT2D eigenvalue weighted by Gasteiger charge is 2.14. The molecule has 0 radical (unpaired) electrons. The molecule has 2 rings (SSSR count). The fraction of sp³-hybridized carbons (Fsp3) is 0.167. The molecule has 90 valence electrons. The largest absolute Gasteiger partial charge is 0.336 e. The van der Waals surface area contributed by atoms with Crippen molar-refractivity contribution in [2.75, 3.05) is 7.05 Å². The van der Waals surface area contributed by atoms with Gasteiger partial charge in [0.15, 0.2) is 5.69 Å². The van der Waals surface area contributed by atoms with Gasteiger partial charge < -0.3 is 4.90 Å². The summed E-state index contributed by atoms with van der Waals surface area (Å²) < 4.78 is 3.66. The first-order valence-corrected chi connectivity index (χ1v) is 6.06. The van der Waals surface area contributed by atoms with Gasteiger partial charge in [-0.05, 0) is 29.2 Å². The van der Waals surface area contributed by atoms with Crippen LogP contribution in [-0.2, 0) is 6.54 Å². The van der Waals surface area contributed by atoms with Crippen molar-refractivity contribution in [3.63, 3.8) is 0 Å². The molecule has 1 amide bonds. The Morgan fingerprint density at radius 1 is 1.56 bits per heavy atom. The zero-order chi connectivity index (χ0) is 13.0. The van der Waals surface area contributed by atoms with Crippen molar-refractivity contribution >= 4 is 17.4 Å². The van der Waals surface area contributed by atoms with Gasteiger partial charge in [0.1, 0.15) is 0 Å². The maximum atomic E-state index is 11.9. The summed E-state index contributed by atoms with van der Waals surface area (Å²) in [6.07, 6.45) is 0. The first-order chi connectivity index (χ1) is 8.70.